The van der Waals surface area contributed by atoms with Gasteiger partial charge in [-0.2, -0.15) is 9.97 Å². The van der Waals surface area contributed by atoms with Gasteiger partial charge in [0.25, 0.3) is 0 Å². The monoisotopic (exact) mass is 220 g/mol. The third-order valence-electron chi connectivity index (χ3n) is 2.29. The number of hydrogen-bond acceptors (Lipinski definition) is 6. The van der Waals surface area contributed by atoms with Crippen LogP contribution >= 0.6 is 0 Å². The Balaban J connectivity index is 2.48. The van der Waals surface area contributed by atoms with Crippen molar-refractivity contribution in [2.75, 3.05) is 14.2 Å². The molecule has 2 heterocycles. The van der Waals surface area contributed by atoms with Crippen LogP contribution in [0.25, 0.3) is 0 Å². The van der Waals surface area contributed by atoms with E-state index in [9.17, 15) is 0 Å². The summed E-state index contributed by atoms with van der Waals surface area (Å²) >= 11 is 0. The maximum absolute atomic E-state index is 4.99. The van der Waals surface area contributed by atoms with Crippen molar-refractivity contribution in [3.8, 4) is 12.0 Å². The van der Waals surface area contributed by atoms with Crippen LogP contribution < -0.4 is 9.47 Å². The van der Waals surface area contributed by atoms with E-state index in [0.29, 0.717) is 5.82 Å². The minimum atomic E-state index is -0.427. The molecule has 0 aromatic carbocycles. The van der Waals surface area contributed by atoms with Crippen LogP contribution in [0.2, 0.25) is 0 Å². The maximum Gasteiger partial charge on any atom is 0.322 e. The SMILES string of the molecule is COc1nc(OC)nc(C2(C)C=CN=C2)n1. The van der Waals surface area contributed by atoms with Crippen molar-refractivity contribution in [1.29, 1.82) is 0 Å². The molecule has 16 heavy (non-hydrogen) atoms. The standard InChI is InChI=1S/C10H12N4O2/c1-10(4-5-11-6-10)7-12-8(15-2)14-9(13-7)16-3/h4-6H,1-3H3. The van der Waals surface area contributed by atoms with E-state index in [0.717, 1.165) is 0 Å². The number of ether oxygens (including phenoxy) is 2. The molecule has 2 rings (SSSR count). The third kappa shape index (κ3) is 1.73. The number of nitrogens with zero attached hydrogens (tertiary/aromatic N) is 4. The van der Waals surface area contributed by atoms with Crippen molar-refractivity contribution in [3.63, 3.8) is 0 Å². The van der Waals surface area contributed by atoms with Crippen LogP contribution in [0.1, 0.15) is 12.7 Å². The molecule has 1 unspecified atom stereocenters. The first-order chi connectivity index (χ1) is 7.68. The number of allylic oxidation sites excluding steroid dienone is 1. The highest BCUT2D eigenvalue weighted by atomic mass is 16.5. The van der Waals surface area contributed by atoms with Gasteiger partial charge in [0.05, 0.1) is 19.6 Å². The van der Waals surface area contributed by atoms with Gasteiger partial charge in [0.15, 0.2) is 5.82 Å². The van der Waals surface area contributed by atoms with Gasteiger partial charge in [-0.25, -0.2) is 0 Å². The second kappa shape index (κ2) is 3.88. The van der Waals surface area contributed by atoms with Crippen molar-refractivity contribution in [2.24, 2.45) is 4.99 Å². The molecule has 1 aromatic heterocycles. The molecule has 84 valence electrons. The molecule has 1 aliphatic rings. The Labute approximate surface area is 93.1 Å². The van der Waals surface area contributed by atoms with Crippen molar-refractivity contribution in [1.82, 2.24) is 15.0 Å². The van der Waals surface area contributed by atoms with Crippen LogP contribution in [-0.4, -0.2) is 35.4 Å². The first-order valence-electron chi connectivity index (χ1n) is 4.74. The van der Waals surface area contributed by atoms with Crippen LogP contribution in [-0.2, 0) is 5.41 Å². The summed E-state index contributed by atoms with van der Waals surface area (Å²) < 4.78 is 9.98. The summed E-state index contributed by atoms with van der Waals surface area (Å²) in [7, 11) is 3.00. The molecular formula is C10H12N4O2. The number of aliphatic imine (C=N–C) groups is 1. The van der Waals surface area contributed by atoms with Gasteiger partial charge in [-0.3, -0.25) is 4.99 Å². The first kappa shape index (κ1) is 10.5. The van der Waals surface area contributed by atoms with Gasteiger partial charge >= 0.3 is 12.0 Å². The summed E-state index contributed by atoms with van der Waals surface area (Å²) in [5.41, 5.74) is -0.427. The van der Waals surface area contributed by atoms with E-state index in [1.807, 2.05) is 13.0 Å². The lowest BCUT2D eigenvalue weighted by molar-refractivity contribution is 0.334. The molecule has 1 aliphatic heterocycles. The Kier molecular flexibility index (Phi) is 2.55. The van der Waals surface area contributed by atoms with Crippen LogP contribution in [0.4, 0.5) is 0 Å². The number of hydrogen-bond donors (Lipinski definition) is 0. The van der Waals surface area contributed by atoms with Crippen LogP contribution in [0.15, 0.2) is 17.3 Å². The van der Waals surface area contributed by atoms with Crippen molar-refractivity contribution < 1.29 is 9.47 Å². The molecule has 1 atom stereocenters. The minimum Gasteiger partial charge on any atom is -0.467 e. The van der Waals surface area contributed by atoms with Crippen LogP contribution in [0.5, 0.6) is 12.0 Å². The predicted octanol–water partition coefficient (Wildman–Crippen LogP) is 0.745. The topological polar surface area (TPSA) is 69.5 Å². The van der Waals surface area contributed by atoms with Gasteiger partial charge < -0.3 is 9.47 Å². The van der Waals surface area contributed by atoms with Gasteiger partial charge in [-0.1, -0.05) is 0 Å². The molecule has 1 aromatic rings. The highest BCUT2D eigenvalue weighted by Crippen LogP contribution is 2.25. The minimum absolute atomic E-state index is 0.233. The molecule has 0 fully saturated rings. The van der Waals surface area contributed by atoms with E-state index in [2.05, 4.69) is 19.9 Å². The summed E-state index contributed by atoms with van der Waals surface area (Å²) in [5.74, 6) is 0.550. The lowest BCUT2D eigenvalue weighted by atomic mass is 9.93. The second-order valence-corrected chi connectivity index (χ2v) is 3.51. The highest BCUT2D eigenvalue weighted by Gasteiger charge is 2.29. The normalized spacial score (nSPS) is 22.4. The Morgan fingerprint density at radius 1 is 1.06 bits per heavy atom. The van der Waals surface area contributed by atoms with E-state index < -0.39 is 5.41 Å². The molecule has 0 spiro atoms. The zero-order valence-electron chi connectivity index (χ0n) is 9.34. The summed E-state index contributed by atoms with van der Waals surface area (Å²) in [6.45, 7) is 1.95. The second-order valence-electron chi connectivity index (χ2n) is 3.51. The average Bonchev–Trinajstić information content (AvgIpc) is 2.77. The largest absolute Gasteiger partial charge is 0.467 e. The summed E-state index contributed by atoms with van der Waals surface area (Å²) in [6.07, 6.45) is 5.38. The molecule has 6 heteroatoms. The Hall–Kier alpha value is -1.98. The average molecular weight is 220 g/mol. The lowest BCUT2D eigenvalue weighted by Crippen LogP contribution is -2.23. The summed E-state index contributed by atoms with van der Waals surface area (Å²) in [5, 5.41) is 0. The molecular weight excluding hydrogens is 208 g/mol. The molecule has 0 saturated carbocycles. The Morgan fingerprint density at radius 2 is 1.69 bits per heavy atom. The van der Waals surface area contributed by atoms with E-state index >= 15 is 0 Å². The molecule has 0 radical (unpaired) electrons. The molecule has 0 amide bonds. The molecule has 0 bridgehead atoms. The smallest absolute Gasteiger partial charge is 0.322 e. The van der Waals surface area contributed by atoms with Gasteiger partial charge in [0, 0.05) is 12.4 Å². The van der Waals surface area contributed by atoms with Gasteiger partial charge in [-0.15, -0.1) is 4.98 Å². The zero-order valence-corrected chi connectivity index (χ0v) is 9.34. The summed E-state index contributed by atoms with van der Waals surface area (Å²) in [6, 6.07) is 0.466. The lowest BCUT2D eigenvalue weighted by Gasteiger charge is -2.16. The predicted molar refractivity (Wildman–Crippen MR) is 57.9 cm³/mol. The van der Waals surface area contributed by atoms with E-state index in [1.54, 1.807) is 12.4 Å². The fourth-order valence-electron chi connectivity index (χ4n) is 1.33. The Morgan fingerprint density at radius 3 is 2.12 bits per heavy atom. The molecule has 6 nitrogen and oxygen atoms in total. The molecule has 0 N–H and O–H groups in total. The Bertz CT molecular complexity index is 422. The van der Waals surface area contributed by atoms with E-state index in [1.165, 1.54) is 14.2 Å². The summed E-state index contributed by atoms with van der Waals surface area (Å²) in [4.78, 5) is 16.3. The quantitative estimate of drug-likeness (QED) is 0.751. The van der Waals surface area contributed by atoms with Crippen molar-refractivity contribution in [3.05, 3.63) is 18.1 Å². The van der Waals surface area contributed by atoms with Gasteiger partial charge in [0.1, 0.15) is 0 Å². The fourth-order valence-corrected chi connectivity index (χ4v) is 1.33. The van der Waals surface area contributed by atoms with Gasteiger partial charge in [-0.05, 0) is 13.0 Å². The van der Waals surface area contributed by atoms with Gasteiger partial charge in [0.2, 0.25) is 0 Å². The van der Waals surface area contributed by atoms with Crippen molar-refractivity contribution in [2.45, 2.75) is 12.3 Å². The van der Waals surface area contributed by atoms with Crippen LogP contribution in [0, 0.1) is 0 Å². The fraction of sp³-hybridized carbons (Fsp3) is 0.400. The number of aromatic nitrogens is 3. The number of rotatable bonds is 3. The molecule has 0 saturated heterocycles. The molecule has 0 aliphatic carbocycles. The van der Waals surface area contributed by atoms with E-state index in [-0.39, 0.29) is 12.0 Å². The zero-order chi connectivity index (χ0) is 11.6. The highest BCUT2D eigenvalue weighted by molar-refractivity contribution is 5.77. The third-order valence-corrected chi connectivity index (χ3v) is 2.29. The first-order valence-corrected chi connectivity index (χ1v) is 4.74. The maximum atomic E-state index is 4.99. The van der Waals surface area contributed by atoms with Crippen molar-refractivity contribution >= 4 is 6.21 Å². The number of methoxy groups -OCH3 is 2. The van der Waals surface area contributed by atoms with E-state index in [4.69, 9.17) is 9.47 Å². The van der Waals surface area contributed by atoms with Crippen LogP contribution in [0.3, 0.4) is 0 Å².